The molecule has 2 N–H and O–H groups in total. The molecule has 9 nitrogen and oxygen atoms in total. The maximum Gasteiger partial charge on any atom is 0.255 e. The number of nitrogens with zero attached hydrogens (tertiary/aromatic N) is 5. The van der Waals surface area contributed by atoms with Gasteiger partial charge in [-0.15, -0.1) is 0 Å². The molecule has 0 aliphatic heterocycles. The Bertz CT molecular complexity index is 1590. The van der Waals surface area contributed by atoms with Crippen LogP contribution < -0.4 is 20.9 Å². The number of rotatable bonds is 8. The molecule has 5 aromatic rings. The van der Waals surface area contributed by atoms with E-state index in [0.29, 0.717) is 12.6 Å². The average molecular weight is 508 g/mol. The van der Waals surface area contributed by atoms with E-state index in [1.165, 1.54) is 0 Å². The Morgan fingerprint density at radius 2 is 1.79 bits per heavy atom. The Morgan fingerprint density at radius 3 is 2.55 bits per heavy atom. The Labute approximate surface area is 220 Å². The minimum atomic E-state index is -0.0760. The van der Waals surface area contributed by atoms with Crippen LogP contribution in [0, 0.1) is 0 Å². The molecule has 1 fully saturated rings. The number of imidazole rings is 1. The summed E-state index contributed by atoms with van der Waals surface area (Å²) in [5, 5.41) is 7.23. The first-order valence-electron chi connectivity index (χ1n) is 12.8. The molecule has 0 radical (unpaired) electrons. The monoisotopic (exact) mass is 507 g/mol. The molecule has 1 aromatic carbocycles. The van der Waals surface area contributed by atoms with Crippen molar-refractivity contribution in [3.63, 3.8) is 0 Å². The second-order valence-electron chi connectivity index (χ2n) is 9.52. The van der Waals surface area contributed by atoms with Gasteiger partial charge in [-0.2, -0.15) is 0 Å². The van der Waals surface area contributed by atoms with E-state index in [1.54, 1.807) is 42.4 Å². The van der Waals surface area contributed by atoms with Crippen LogP contribution in [0.3, 0.4) is 0 Å². The zero-order chi connectivity index (χ0) is 25.9. The summed E-state index contributed by atoms with van der Waals surface area (Å²) in [4.78, 5) is 26.1. The first-order valence-corrected chi connectivity index (χ1v) is 12.8. The molecule has 9 heteroatoms. The van der Waals surface area contributed by atoms with Crippen molar-refractivity contribution in [2.24, 2.45) is 0 Å². The quantitative estimate of drug-likeness (QED) is 0.320. The van der Waals surface area contributed by atoms with Gasteiger partial charge in [-0.3, -0.25) is 13.9 Å². The van der Waals surface area contributed by atoms with Gasteiger partial charge in [0.25, 0.3) is 5.56 Å². The molecule has 1 saturated carbocycles. The summed E-state index contributed by atoms with van der Waals surface area (Å²) < 4.78 is 9.03. The first kappa shape index (κ1) is 23.7. The van der Waals surface area contributed by atoms with Gasteiger partial charge in [-0.25, -0.2) is 15.0 Å². The van der Waals surface area contributed by atoms with Crippen LogP contribution in [-0.4, -0.2) is 43.3 Å². The number of nitrogens with one attached hydrogen (secondary N) is 2. The van der Waals surface area contributed by atoms with Crippen LogP contribution in [0.15, 0.2) is 90.1 Å². The van der Waals surface area contributed by atoms with Crippen molar-refractivity contribution in [1.82, 2.24) is 24.1 Å². The fourth-order valence-corrected chi connectivity index (χ4v) is 5.02. The third-order valence-electron chi connectivity index (χ3n) is 6.97. The predicted molar refractivity (Wildman–Crippen MR) is 148 cm³/mol. The summed E-state index contributed by atoms with van der Waals surface area (Å²) in [5.74, 6) is 2.47. The van der Waals surface area contributed by atoms with E-state index >= 15 is 0 Å². The lowest BCUT2D eigenvalue weighted by Crippen LogP contribution is -2.23. The molecule has 0 spiro atoms. The minimum absolute atomic E-state index is 0.0760. The number of pyridine rings is 3. The Kier molecular flexibility index (Phi) is 6.47. The molecule has 0 bridgehead atoms. The summed E-state index contributed by atoms with van der Waals surface area (Å²) in [6, 6.07) is 21.5. The number of anilines is 2. The van der Waals surface area contributed by atoms with Crippen molar-refractivity contribution >= 4 is 22.9 Å². The summed E-state index contributed by atoms with van der Waals surface area (Å²) >= 11 is 0. The van der Waals surface area contributed by atoms with Gasteiger partial charge in [-0.05, 0) is 67.3 Å². The zero-order valence-electron chi connectivity index (χ0n) is 21.1. The molecule has 4 heterocycles. The highest BCUT2D eigenvalue weighted by Crippen LogP contribution is 2.27. The van der Waals surface area contributed by atoms with E-state index in [9.17, 15) is 4.79 Å². The number of fused-ring (bicyclic) bond motifs is 1. The number of hydrogen-bond donors (Lipinski definition) is 2. The highest BCUT2D eigenvalue weighted by Gasteiger charge is 2.26. The van der Waals surface area contributed by atoms with Gasteiger partial charge in [0.05, 0.1) is 25.5 Å². The van der Waals surface area contributed by atoms with Crippen LogP contribution in [-0.2, 0) is 6.54 Å². The summed E-state index contributed by atoms with van der Waals surface area (Å²) in [6.45, 7) is 0.662. The van der Waals surface area contributed by atoms with Crippen molar-refractivity contribution < 1.29 is 4.74 Å². The Balaban J connectivity index is 1.14. The molecular weight excluding hydrogens is 478 g/mol. The normalized spacial score (nSPS) is 17.0. The van der Waals surface area contributed by atoms with Gasteiger partial charge >= 0.3 is 0 Å². The van der Waals surface area contributed by atoms with Crippen LogP contribution in [0.4, 0.5) is 11.8 Å². The second kappa shape index (κ2) is 10.4. The van der Waals surface area contributed by atoms with Crippen molar-refractivity contribution in [3.05, 3.63) is 101 Å². The van der Waals surface area contributed by atoms with Gasteiger partial charge in [0, 0.05) is 30.5 Å². The SMILES string of the molecule is COc1ccc(Cn2c(N[C@H]3CC[C@H](Nc4ccc(-n5ccccc5=O)cn4)C3)nc3cccnc32)cc1. The topological polar surface area (TPSA) is 98.9 Å². The molecule has 1 aliphatic carbocycles. The van der Waals surface area contributed by atoms with Crippen molar-refractivity contribution in [2.45, 2.75) is 37.9 Å². The first-order chi connectivity index (χ1) is 18.7. The largest absolute Gasteiger partial charge is 0.497 e. The highest BCUT2D eigenvalue weighted by atomic mass is 16.5. The lowest BCUT2D eigenvalue weighted by Gasteiger charge is -2.17. The molecule has 0 unspecified atom stereocenters. The number of benzene rings is 1. The number of methoxy groups -OCH3 is 1. The standard InChI is InChI=1S/C29H29N7O2/c1-38-24-12-7-20(8-13-24)19-36-28-25(5-4-15-30-28)34-29(36)33-22-10-9-21(17-22)32-26-14-11-23(18-31-26)35-16-3-2-6-27(35)37/h2-8,11-16,18,21-22H,9-10,17,19H2,1H3,(H,31,32)(H,33,34)/t21-,22-/m0/s1. The molecular formula is C29H29N7O2. The zero-order valence-corrected chi connectivity index (χ0v) is 21.1. The maximum atomic E-state index is 12.1. The molecule has 0 amide bonds. The van der Waals surface area contributed by atoms with Gasteiger partial charge in [0.2, 0.25) is 5.95 Å². The van der Waals surface area contributed by atoms with Crippen LogP contribution in [0.25, 0.3) is 16.9 Å². The van der Waals surface area contributed by atoms with Gasteiger partial charge < -0.3 is 15.4 Å². The highest BCUT2D eigenvalue weighted by molar-refractivity contribution is 5.74. The summed E-state index contributed by atoms with van der Waals surface area (Å²) in [5.41, 5.74) is 3.56. The summed E-state index contributed by atoms with van der Waals surface area (Å²) in [6.07, 6.45) is 8.27. The average Bonchev–Trinajstić information content (AvgIpc) is 3.54. The van der Waals surface area contributed by atoms with Crippen molar-refractivity contribution in [1.29, 1.82) is 0 Å². The fraction of sp³-hybridized carbons (Fsp3) is 0.241. The van der Waals surface area contributed by atoms with E-state index in [2.05, 4.69) is 37.3 Å². The smallest absolute Gasteiger partial charge is 0.255 e. The molecule has 6 rings (SSSR count). The number of hydrogen-bond acceptors (Lipinski definition) is 7. The Morgan fingerprint density at radius 1 is 0.947 bits per heavy atom. The molecule has 38 heavy (non-hydrogen) atoms. The van der Waals surface area contributed by atoms with Crippen LogP contribution in [0.5, 0.6) is 5.75 Å². The summed E-state index contributed by atoms with van der Waals surface area (Å²) in [7, 11) is 1.67. The molecule has 1 aliphatic rings. The van der Waals surface area contributed by atoms with E-state index < -0.39 is 0 Å². The molecule has 192 valence electrons. The van der Waals surface area contributed by atoms with E-state index in [1.807, 2.05) is 42.5 Å². The van der Waals surface area contributed by atoms with Crippen molar-refractivity contribution in [2.75, 3.05) is 17.7 Å². The Hall–Kier alpha value is -4.66. The van der Waals surface area contributed by atoms with E-state index in [4.69, 9.17) is 9.72 Å². The third-order valence-corrected chi connectivity index (χ3v) is 6.97. The van der Waals surface area contributed by atoms with Crippen molar-refractivity contribution in [3.8, 4) is 11.4 Å². The predicted octanol–water partition coefficient (Wildman–Crippen LogP) is 4.48. The maximum absolute atomic E-state index is 12.1. The van der Waals surface area contributed by atoms with Crippen LogP contribution in [0.2, 0.25) is 0 Å². The van der Waals surface area contributed by atoms with E-state index in [0.717, 1.165) is 59.2 Å². The lowest BCUT2D eigenvalue weighted by molar-refractivity contribution is 0.414. The van der Waals surface area contributed by atoms with Gasteiger partial charge in [0.1, 0.15) is 17.1 Å². The van der Waals surface area contributed by atoms with Gasteiger partial charge in [0.15, 0.2) is 5.65 Å². The number of ether oxygens (including phenoxy) is 1. The molecule has 2 atom stereocenters. The van der Waals surface area contributed by atoms with E-state index in [-0.39, 0.29) is 11.6 Å². The second-order valence-corrected chi connectivity index (χ2v) is 9.52. The van der Waals surface area contributed by atoms with Crippen LogP contribution in [0.1, 0.15) is 24.8 Å². The van der Waals surface area contributed by atoms with Crippen LogP contribution >= 0.6 is 0 Å². The fourth-order valence-electron chi connectivity index (χ4n) is 5.02. The van der Waals surface area contributed by atoms with Gasteiger partial charge in [-0.1, -0.05) is 18.2 Å². The molecule has 4 aromatic heterocycles. The third kappa shape index (κ3) is 4.95. The molecule has 0 saturated heterocycles. The lowest BCUT2D eigenvalue weighted by atomic mass is 10.2. The minimum Gasteiger partial charge on any atom is -0.497 e. The number of aromatic nitrogens is 5.